The van der Waals surface area contributed by atoms with E-state index in [0.717, 1.165) is 12.8 Å². The van der Waals surface area contributed by atoms with Crippen molar-refractivity contribution >= 4 is 0 Å². The van der Waals surface area contributed by atoms with Crippen molar-refractivity contribution in [3.63, 3.8) is 0 Å². The van der Waals surface area contributed by atoms with Gasteiger partial charge in [0.15, 0.2) is 6.29 Å². The first kappa shape index (κ1) is 22.7. The van der Waals surface area contributed by atoms with Gasteiger partial charge in [0.05, 0.1) is 12.7 Å². The van der Waals surface area contributed by atoms with Gasteiger partial charge in [-0.2, -0.15) is 0 Å². The second-order valence-electron chi connectivity index (χ2n) is 8.65. The second kappa shape index (κ2) is 8.04. The third kappa shape index (κ3) is 4.09. The van der Waals surface area contributed by atoms with Crippen LogP contribution in [0.15, 0.2) is 12.2 Å². The number of aliphatic hydroxyl groups excluding tert-OH is 5. The van der Waals surface area contributed by atoms with E-state index >= 15 is 0 Å². The molecule has 2 rings (SSSR count). The van der Waals surface area contributed by atoms with Crippen LogP contribution in [0.2, 0.25) is 0 Å². The number of hydrogen-bond donors (Lipinski definition) is 6. The van der Waals surface area contributed by atoms with E-state index in [1.54, 1.807) is 13.8 Å². The van der Waals surface area contributed by atoms with Crippen LogP contribution in [-0.2, 0) is 9.47 Å². The second-order valence-corrected chi connectivity index (χ2v) is 8.65. The molecule has 0 amide bonds. The zero-order valence-electron chi connectivity index (χ0n) is 16.4. The molecule has 158 valence electrons. The largest absolute Gasteiger partial charge is 0.394 e. The average molecular weight is 390 g/mol. The Kier molecular flexibility index (Phi) is 6.76. The van der Waals surface area contributed by atoms with Gasteiger partial charge in [-0.05, 0) is 38.5 Å². The van der Waals surface area contributed by atoms with Crippen molar-refractivity contribution in [3.8, 4) is 0 Å². The van der Waals surface area contributed by atoms with E-state index < -0.39 is 60.0 Å². The van der Waals surface area contributed by atoms with Crippen LogP contribution in [0.25, 0.3) is 0 Å². The van der Waals surface area contributed by atoms with Crippen LogP contribution in [-0.4, -0.2) is 85.3 Å². The van der Waals surface area contributed by atoms with Gasteiger partial charge in [0.1, 0.15) is 35.6 Å². The number of rotatable bonds is 5. The first-order valence-electron chi connectivity index (χ1n) is 9.47. The van der Waals surface area contributed by atoms with E-state index in [9.17, 15) is 30.6 Å². The summed E-state index contributed by atoms with van der Waals surface area (Å²) in [7, 11) is 0. The fourth-order valence-electron chi connectivity index (χ4n) is 4.21. The van der Waals surface area contributed by atoms with Crippen molar-refractivity contribution in [1.82, 2.24) is 0 Å². The standard InChI is InChI=1S/C19H34O8/c1-11(21)6-9-19(25)17(2,3)7-5-8-18(19,4)27-16-15(24)14(23)13(22)12(10-20)26-16/h6,9,11-16,20-25H,5,7-8,10H2,1-4H3/b9-6+/t11?,12-,13-,14+,15-,16+,18-,19-/m1/s1. The fraction of sp³-hybridized carbons (Fsp3) is 0.895. The molecule has 27 heavy (non-hydrogen) atoms. The maximum Gasteiger partial charge on any atom is 0.187 e. The molecule has 0 aromatic carbocycles. The number of aliphatic hydroxyl groups is 6. The molecule has 0 spiro atoms. The Balaban J connectivity index is 2.35. The summed E-state index contributed by atoms with van der Waals surface area (Å²) in [5, 5.41) is 60.9. The zero-order chi connectivity index (χ0) is 20.6. The topological polar surface area (TPSA) is 140 Å². The molecule has 0 aromatic heterocycles. The van der Waals surface area contributed by atoms with Crippen LogP contribution >= 0.6 is 0 Å². The van der Waals surface area contributed by atoms with E-state index in [1.165, 1.54) is 12.2 Å². The molecule has 0 bridgehead atoms. The third-order valence-electron chi connectivity index (χ3n) is 6.13. The molecule has 1 aliphatic heterocycles. The van der Waals surface area contributed by atoms with Crippen LogP contribution in [0.4, 0.5) is 0 Å². The predicted octanol–water partition coefficient (Wildman–Crippen LogP) is -0.560. The maximum atomic E-state index is 11.6. The molecule has 8 heteroatoms. The van der Waals surface area contributed by atoms with Crippen molar-refractivity contribution in [2.45, 2.75) is 95.0 Å². The molecule has 1 heterocycles. The van der Waals surface area contributed by atoms with Gasteiger partial charge in [-0.15, -0.1) is 0 Å². The summed E-state index contributed by atoms with van der Waals surface area (Å²) in [6.45, 7) is 6.51. The van der Waals surface area contributed by atoms with Crippen LogP contribution in [0.3, 0.4) is 0 Å². The molecule has 1 saturated carbocycles. The third-order valence-corrected chi connectivity index (χ3v) is 6.13. The Morgan fingerprint density at radius 2 is 1.74 bits per heavy atom. The summed E-state index contributed by atoms with van der Waals surface area (Å²) < 4.78 is 11.5. The van der Waals surface area contributed by atoms with Crippen LogP contribution in [0, 0.1) is 5.41 Å². The lowest BCUT2D eigenvalue weighted by atomic mass is 9.58. The van der Waals surface area contributed by atoms with Crippen molar-refractivity contribution in [2.75, 3.05) is 6.61 Å². The highest BCUT2D eigenvalue weighted by molar-refractivity contribution is 5.21. The lowest BCUT2D eigenvalue weighted by Gasteiger charge is -2.57. The van der Waals surface area contributed by atoms with Gasteiger partial charge < -0.3 is 40.1 Å². The SMILES string of the molecule is CC(O)/C=C/[C@@]1(O)C(C)(C)CCC[C@@]1(C)O[C@@H]1O[C@H](CO)[C@@H](O)[C@H](O)[C@H]1O. The minimum atomic E-state index is -1.55. The maximum absolute atomic E-state index is 11.6. The van der Waals surface area contributed by atoms with Crippen molar-refractivity contribution in [2.24, 2.45) is 5.41 Å². The first-order valence-corrected chi connectivity index (χ1v) is 9.47. The quantitative estimate of drug-likeness (QED) is 0.343. The van der Waals surface area contributed by atoms with Gasteiger partial charge >= 0.3 is 0 Å². The highest BCUT2D eigenvalue weighted by Gasteiger charge is 2.60. The Labute approximate surface area is 160 Å². The highest BCUT2D eigenvalue weighted by atomic mass is 16.7. The van der Waals surface area contributed by atoms with Crippen molar-refractivity contribution < 1.29 is 40.1 Å². The van der Waals surface area contributed by atoms with Crippen LogP contribution in [0.5, 0.6) is 0 Å². The smallest absolute Gasteiger partial charge is 0.187 e. The Bertz CT molecular complexity index is 534. The van der Waals surface area contributed by atoms with E-state index in [2.05, 4.69) is 0 Å². The molecule has 0 radical (unpaired) electrons. The molecular formula is C19H34O8. The van der Waals surface area contributed by atoms with E-state index in [1.807, 2.05) is 13.8 Å². The summed E-state index contributed by atoms with van der Waals surface area (Å²) in [5.41, 5.74) is -3.29. The molecule has 1 unspecified atom stereocenters. The van der Waals surface area contributed by atoms with Crippen molar-refractivity contribution in [3.05, 3.63) is 12.2 Å². The Hall–Kier alpha value is -0.580. The number of ether oxygens (including phenoxy) is 2. The summed E-state index contributed by atoms with van der Waals surface area (Å²) in [6, 6.07) is 0. The molecule has 8 nitrogen and oxygen atoms in total. The lowest BCUT2D eigenvalue weighted by Crippen LogP contribution is -2.67. The zero-order valence-corrected chi connectivity index (χ0v) is 16.4. The molecule has 1 saturated heterocycles. The number of hydrogen-bond acceptors (Lipinski definition) is 8. The normalized spacial score (nSPS) is 46.5. The molecule has 6 N–H and O–H groups in total. The fourth-order valence-corrected chi connectivity index (χ4v) is 4.21. The summed E-state index contributed by atoms with van der Waals surface area (Å²) >= 11 is 0. The van der Waals surface area contributed by atoms with Gasteiger partial charge in [0.25, 0.3) is 0 Å². The monoisotopic (exact) mass is 390 g/mol. The van der Waals surface area contributed by atoms with E-state index in [0.29, 0.717) is 6.42 Å². The molecule has 2 aliphatic rings. The van der Waals surface area contributed by atoms with Gasteiger partial charge in [-0.1, -0.05) is 26.0 Å². The molecule has 1 aliphatic carbocycles. The van der Waals surface area contributed by atoms with Crippen molar-refractivity contribution in [1.29, 1.82) is 0 Å². The minimum Gasteiger partial charge on any atom is -0.394 e. The molecule has 0 aromatic rings. The summed E-state index contributed by atoms with van der Waals surface area (Å²) in [6.07, 6.45) is -2.82. The molecular weight excluding hydrogens is 356 g/mol. The average Bonchev–Trinajstić information content (AvgIpc) is 2.58. The van der Waals surface area contributed by atoms with Gasteiger partial charge in [-0.25, -0.2) is 0 Å². The Morgan fingerprint density at radius 3 is 2.30 bits per heavy atom. The van der Waals surface area contributed by atoms with Gasteiger partial charge in [0, 0.05) is 0 Å². The van der Waals surface area contributed by atoms with E-state index in [4.69, 9.17) is 9.47 Å². The van der Waals surface area contributed by atoms with Crippen LogP contribution in [0.1, 0.15) is 47.0 Å². The van der Waals surface area contributed by atoms with E-state index in [-0.39, 0.29) is 0 Å². The molecule has 2 fully saturated rings. The summed E-state index contributed by atoms with van der Waals surface area (Å²) in [4.78, 5) is 0. The lowest BCUT2D eigenvalue weighted by molar-refractivity contribution is -0.352. The van der Waals surface area contributed by atoms with Crippen LogP contribution < -0.4 is 0 Å². The van der Waals surface area contributed by atoms with Gasteiger partial charge in [-0.3, -0.25) is 0 Å². The molecule has 8 atom stereocenters. The predicted molar refractivity (Wildman–Crippen MR) is 96.7 cm³/mol. The minimum absolute atomic E-state index is 0.450. The Morgan fingerprint density at radius 1 is 1.11 bits per heavy atom. The summed E-state index contributed by atoms with van der Waals surface area (Å²) in [5.74, 6) is 0. The van der Waals surface area contributed by atoms with Gasteiger partial charge in [0.2, 0.25) is 0 Å². The highest BCUT2D eigenvalue weighted by Crippen LogP contribution is 2.52. The first-order chi connectivity index (χ1) is 12.4.